The molecule has 1 aromatic carbocycles. The van der Waals surface area contributed by atoms with Gasteiger partial charge in [-0.15, -0.1) is 0 Å². The van der Waals surface area contributed by atoms with Gasteiger partial charge in [0.15, 0.2) is 0 Å². The summed E-state index contributed by atoms with van der Waals surface area (Å²) >= 11 is 0. The SMILES string of the molecule is COc1cc(OC)c(C(C)(O)CN)c(OC)c1. The van der Waals surface area contributed by atoms with Crippen LogP contribution in [-0.2, 0) is 5.60 Å². The van der Waals surface area contributed by atoms with Crippen LogP contribution in [0.4, 0.5) is 0 Å². The van der Waals surface area contributed by atoms with Gasteiger partial charge >= 0.3 is 0 Å². The fraction of sp³-hybridized carbons (Fsp3) is 0.500. The Hall–Kier alpha value is -1.46. The Morgan fingerprint density at radius 1 is 1.12 bits per heavy atom. The van der Waals surface area contributed by atoms with Gasteiger partial charge in [-0.2, -0.15) is 0 Å². The van der Waals surface area contributed by atoms with Crippen molar-refractivity contribution in [1.29, 1.82) is 0 Å². The van der Waals surface area contributed by atoms with E-state index in [0.29, 0.717) is 22.8 Å². The molecule has 0 aliphatic heterocycles. The van der Waals surface area contributed by atoms with Crippen molar-refractivity contribution in [3.8, 4) is 17.2 Å². The van der Waals surface area contributed by atoms with Crippen molar-refractivity contribution in [2.24, 2.45) is 5.73 Å². The van der Waals surface area contributed by atoms with Crippen LogP contribution >= 0.6 is 0 Å². The van der Waals surface area contributed by atoms with Gasteiger partial charge in [0.2, 0.25) is 0 Å². The first kappa shape index (κ1) is 13.6. The minimum Gasteiger partial charge on any atom is -0.496 e. The van der Waals surface area contributed by atoms with Crippen molar-refractivity contribution >= 4 is 0 Å². The van der Waals surface area contributed by atoms with Crippen molar-refractivity contribution in [2.45, 2.75) is 12.5 Å². The number of hydrogen-bond donors (Lipinski definition) is 2. The van der Waals surface area contributed by atoms with Crippen molar-refractivity contribution in [1.82, 2.24) is 0 Å². The van der Waals surface area contributed by atoms with Gasteiger partial charge in [-0.1, -0.05) is 0 Å². The highest BCUT2D eigenvalue weighted by molar-refractivity contribution is 5.53. The van der Waals surface area contributed by atoms with E-state index in [2.05, 4.69) is 0 Å². The summed E-state index contributed by atoms with van der Waals surface area (Å²) in [4.78, 5) is 0. The average Bonchev–Trinajstić information content (AvgIpc) is 2.36. The lowest BCUT2D eigenvalue weighted by atomic mass is 9.94. The van der Waals surface area contributed by atoms with Gasteiger partial charge in [-0.3, -0.25) is 0 Å². The van der Waals surface area contributed by atoms with Crippen molar-refractivity contribution in [3.05, 3.63) is 17.7 Å². The molecule has 0 heterocycles. The van der Waals surface area contributed by atoms with E-state index >= 15 is 0 Å². The lowest BCUT2D eigenvalue weighted by molar-refractivity contribution is 0.0611. The predicted molar refractivity (Wildman–Crippen MR) is 64.7 cm³/mol. The second-order valence-electron chi connectivity index (χ2n) is 3.88. The summed E-state index contributed by atoms with van der Waals surface area (Å²) in [5, 5.41) is 10.3. The van der Waals surface area contributed by atoms with Gasteiger partial charge in [0.1, 0.15) is 22.8 Å². The summed E-state index contributed by atoms with van der Waals surface area (Å²) < 4.78 is 15.6. The molecule has 5 nitrogen and oxygen atoms in total. The second kappa shape index (κ2) is 5.25. The largest absolute Gasteiger partial charge is 0.496 e. The minimum absolute atomic E-state index is 0.0616. The standard InChI is InChI=1S/C12H19NO4/c1-12(14,7-13)11-9(16-3)5-8(15-2)6-10(11)17-4/h5-6,14H,7,13H2,1-4H3. The van der Waals surface area contributed by atoms with Gasteiger partial charge in [-0.05, 0) is 6.92 Å². The van der Waals surface area contributed by atoms with Crippen LogP contribution in [0.1, 0.15) is 12.5 Å². The van der Waals surface area contributed by atoms with Crippen LogP contribution in [-0.4, -0.2) is 33.0 Å². The Morgan fingerprint density at radius 2 is 1.59 bits per heavy atom. The Kier molecular flexibility index (Phi) is 4.20. The second-order valence-corrected chi connectivity index (χ2v) is 3.88. The summed E-state index contributed by atoms with van der Waals surface area (Å²) in [5.74, 6) is 1.56. The Labute approximate surface area is 101 Å². The third kappa shape index (κ3) is 2.62. The molecule has 0 saturated carbocycles. The van der Waals surface area contributed by atoms with E-state index in [4.69, 9.17) is 19.9 Å². The number of ether oxygens (including phenoxy) is 3. The van der Waals surface area contributed by atoms with E-state index < -0.39 is 5.60 Å². The highest BCUT2D eigenvalue weighted by Gasteiger charge is 2.30. The molecule has 0 saturated heterocycles. The molecular formula is C12H19NO4. The van der Waals surface area contributed by atoms with E-state index in [0.717, 1.165) is 0 Å². The molecule has 0 spiro atoms. The van der Waals surface area contributed by atoms with Crippen molar-refractivity contribution in [2.75, 3.05) is 27.9 Å². The normalized spacial score (nSPS) is 14.0. The number of benzene rings is 1. The maximum absolute atomic E-state index is 10.3. The molecule has 1 unspecified atom stereocenters. The molecule has 0 aliphatic carbocycles. The Balaban J connectivity index is 3.45. The molecule has 0 fully saturated rings. The van der Waals surface area contributed by atoms with E-state index in [1.54, 1.807) is 26.2 Å². The van der Waals surface area contributed by atoms with Gasteiger partial charge in [-0.25, -0.2) is 0 Å². The number of methoxy groups -OCH3 is 3. The summed E-state index contributed by atoms with van der Waals surface area (Å²) in [6, 6.07) is 3.37. The average molecular weight is 241 g/mol. The summed E-state index contributed by atoms with van der Waals surface area (Å²) in [7, 11) is 4.59. The van der Waals surface area contributed by atoms with E-state index in [9.17, 15) is 5.11 Å². The van der Waals surface area contributed by atoms with Crippen LogP contribution in [0.15, 0.2) is 12.1 Å². The maximum atomic E-state index is 10.3. The van der Waals surface area contributed by atoms with Gasteiger partial charge in [0.25, 0.3) is 0 Å². The lowest BCUT2D eigenvalue weighted by Crippen LogP contribution is -2.32. The molecule has 0 radical (unpaired) electrons. The first-order valence-electron chi connectivity index (χ1n) is 5.23. The number of hydrogen-bond acceptors (Lipinski definition) is 5. The van der Waals surface area contributed by atoms with Gasteiger partial charge < -0.3 is 25.1 Å². The first-order valence-corrected chi connectivity index (χ1v) is 5.23. The quantitative estimate of drug-likeness (QED) is 0.800. The van der Waals surface area contributed by atoms with Crippen LogP contribution in [0, 0.1) is 0 Å². The van der Waals surface area contributed by atoms with Gasteiger partial charge in [0, 0.05) is 18.7 Å². The molecule has 3 N–H and O–H groups in total. The molecule has 96 valence electrons. The zero-order chi connectivity index (χ0) is 13.1. The zero-order valence-electron chi connectivity index (χ0n) is 10.6. The van der Waals surface area contributed by atoms with E-state index in [1.165, 1.54) is 14.2 Å². The molecule has 0 amide bonds. The molecule has 0 bridgehead atoms. The highest BCUT2D eigenvalue weighted by atomic mass is 16.5. The summed E-state index contributed by atoms with van der Waals surface area (Å²) in [6.07, 6.45) is 0. The Bertz CT molecular complexity index is 365. The van der Waals surface area contributed by atoms with Crippen LogP contribution in [0.25, 0.3) is 0 Å². The van der Waals surface area contributed by atoms with E-state index in [1.807, 2.05) is 0 Å². The summed E-state index contributed by atoms with van der Waals surface area (Å²) in [6.45, 7) is 1.67. The number of aliphatic hydroxyl groups is 1. The molecule has 1 rings (SSSR count). The topological polar surface area (TPSA) is 73.9 Å². The third-order valence-electron chi connectivity index (χ3n) is 2.65. The smallest absolute Gasteiger partial charge is 0.132 e. The molecule has 0 aliphatic rings. The number of nitrogens with two attached hydrogens (primary N) is 1. The molecule has 17 heavy (non-hydrogen) atoms. The first-order chi connectivity index (χ1) is 8.00. The number of rotatable bonds is 5. The molecule has 5 heteroatoms. The Morgan fingerprint density at radius 3 is 1.88 bits per heavy atom. The lowest BCUT2D eigenvalue weighted by Gasteiger charge is -2.26. The third-order valence-corrected chi connectivity index (χ3v) is 2.65. The molecule has 1 atom stereocenters. The fourth-order valence-corrected chi connectivity index (χ4v) is 1.64. The van der Waals surface area contributed by atoms with Crippen LogP contribution < -0.4 is 19.9 Å². The predicted octanol–water partition coefficient (Wildman–Crippen LogP) is 0.879. The highest BCUT2D eigenvalue weighted by Crippen LogP contribution is 2.40. The molecule has 0 aromatic heterocycles. The monoisotopic (exact) mass is 241 g/mol. The maximum Gasteiger partial charge on any atom is 0.132 e. The fourth-order valence-electron chi connectivity index (χ4n) is 1.64. The van der Waals surface area contributed by atoms with Crippen LogP contribution in [0.5, 0.6) is 17.2 Å². The zero-order valence-corrected chi connectivity index (χ0v) is 10.6. The summed E-state index contributed by atoms with van der Waals surface area (Å²) in [5.41, 5.74) is 4.86. The van der Waals surface area contributed by atoms with Crippen molar-refractivity contribution in [3.63, 3.8) is 0 Å². The van der Waals surface area contributed by atoms with Crippen LogP contribution in [0.2, 0.25) is 0 Å². The van der Waals surface area contributed by atoms with Crippen molar-refractivity contribution < 1.29 is 19.3 Å². The minimum atomic E-state index is -1.22. The van der Waals surface area contributed by atoms with E-state index in [-0.39, 0.29) is 6.54 Å². The van der Waals surface area contributed by atoms with Crippen LogP contribution in [0.3, 0.4) is 0 Å². The molecule has 1 aromatic rings. The van der Waals surface area contributed by atoms with Gasteiger partial charge in [0.05, 0.1) is 26.9 Å². The molecular weight excluding hydrogens is 222 g/mol.